The van der Waals surface area contributed by atoms with Gasteiger partial charge in [0.05, 0.1) is 11.3 Å². The van der Waals surface area contributed by atoms with E-state index in [9.17, 15) is 22.8 Å². The van der Waals surface area contributed by atoms with Gasteiger partial charge in [-0.05, 0) is 34.9 Å². The van der Waals surface area contributed by atoms with Crippen LogP contribution in [-0.2, 0) is 12.7 Å². The Morgan fingerprint density at radius 1 is 1.11 bits per heavy atom. The van der Waals surface area contributed by atoms with Crippen molar-refractivity contribution in [1.29, 1.82) is 0 Å². The minimum atomic E-state index is -4.56. The van der Waals surface area contributed by atoms with Crippen molar-refractivity contribution in [1.82, 2.24) is 15.6 Å². The molecule has 182 valence electrons. The third-order valence-electron chi connectivity index (χ3n) is 5.83. The number of pyridine rings is 1. The first-order valence-electron chi connectivity index (χ1n) is 10.9. The largest absolute Gasteiger partial charge is 0.416 e. The number of hydrogen-bond acceptors (Lipinski definition) is 5. The average Bonchev–Trinajstić information content (AvgIpc) is 2.83. The van der Waals surface area contributed by atoms with E-state index < -0.39 is 35.5 Å². The lowest BCUT2D eigenvalue weighted by Crippen LogP contribution is -2.47. The van der Waals surface area contributed by atoms with Crippen LogP contribution < -0.4 is 21.9 Å². The van der Waals surface area contributed by atoms with Crippen molar-refractivity contribution in [2.24, 2.45) is 16.6 Å². The Bertz CT molecular complexity index is 1300. The van der Waals surface area contributed by atoms with E-state index in [1.165, 1.54) is 18.2 Å². The summed E-state index contributed by atoms with van der Waals surface area (Å²) in [5, 5.41) is 6.60. The summed E-state index contributed by atoms with van der Waals surface area (Å²) in [7, 11) is 0. The van der Waals surface area contributed by atoms with Crippen LogP contribution in [0.1, 0.15) is 40.0 Å². The quantitative estimate of drug-likeness (QED) is 0.429. The van der Waals surface area contributed by atoms with Crippen LogP contribution in [0.2, 0.25) is 0 Å². The van der Waals surface area contributed by atoms with Crippen LogP contribution in [0.3, 0.4) is 0 Å². The van der Waals surface area contributed by atoms with Gasteiger partial charge in [0.1, 0.15) is 5.56 Å². The Hall–Kier alpha value is -3.76. The number of benzene rings is 2. The topological polar surface area (TPSA) is 112 Å². The molecule has 3 atom stereocenters. The number of aromatic nitrogens is 1. The fourth-order valence-corrected chi connectivity index (χ4v) is 4.03. The van der Waals surface area contributed by atoms with Crippen LogP contribution in [-0.4, -0.2) is 23.4 Å². The van der Waals surface area contributed by atoms with Crippen molar-refractivity contribution in [3.63, 3.8) is 0 Å². The molecular weight excluding hydrogens is 459 g/mol. The van der Waals surface area contributed by atoms with E-state index in [0.29, 0.717) is 12.1 Å². The molecule has 7 nitrogen and oxygen atoms in total. The van der Waals surface area contributed by atoms with E-state index in [2.05, 4.69) is 20.6 Å². The Morgan fingerprint density at radius 2 is 1.86 bits per heavy atom. The van der Waals surface area contributed by atoms with Gasteiger partial charge in [-0.2, -0.15) is 13.2 Å². The number of primary amides is 1. The molecule has 0 bridgehead atoms. The number of carbonyl (C=O) groups excluding carboxylic acids is 1. The Kier molecular flexibility index (Phi) is 6.86. The van der Waals surface area contributed by atoms with Crippen LogP contribution in [0.5, 0.6) is 0 Å². The zero-order valence-corrected chi connectivity index (χ0v) is 18.8. The molecule has 0 saturated carbocycles. The van der Waals surface area contributed by atoms with Gasteiger partial charge < -0.3 is 10.7 Å². The summed E-state index contributed by atoms with van der Waals surface area (Å²) in [6.07, 6.45) is -3.33. The number of halogens is 3. The van der Waals surface area contributed by atoms with Gasteiger partial charge >= 0.3 is 6.18 Å². The Labute approximate surface area is 199 Å². The predicted molar refractivity (Wildman–Crippen MR) is 127 cm³/mol. The van der Waals surface area contributed by atoms with E-state index in [-0.39, 0.29) is 22.7 Å². The molecule has 4 rings (SSSR count). The molecule has 1 aliphatic rings. The molecule has 3 aromatic rings. The molecule has 3 unspecified atom stereocenters. The molecule has 1 aromatic heterocycles. The lowest BCUT2D eigenvalue weighted by Gasteiger charge is -2.33. The first-order chi connectivity index (χ1) is 16.6. The number of aromatic amines is 1. The zero-order chi connectivity index (χ0) is 25.2. The van der Waals surface area contributed by atoms with Crippen LogP contribution in [0.25, 0.3) is 11.3 Å². The summed E-state index contributed by atoms with van der Waals surface area (Å²) < 4.78 is 40.1. The highest BCUT2D eigenvalue weighted by molar-refractivity contribution is 5.93. The maximum Gasteiger partial charge on any atom is 0.416 e. The molecule has 5 N–H and O–H groups in total. The van der Waals surface area contributed by atoms with Gasteiger partial charge in [0.15, 0.2) is 6.29 Å². The zero-order valence-electron chi connectivity index (χ0n) is 18.8. The summed E-state index contributed by atoms with van der Waals surface area (Å²) in [6.45, 7) is 2.40. The van der Waals surface area contributed by atoms with Crippen LogP contribution in [0.4, 0.5) is 13.2 Å². The van der Waals surface area contributed by atoms with Gasteiger partial charge in [0.25, 0.3) is 11.5 Å². The number of nitrogens with zero attached hydrogens (tertiary/aromatic N) is 1. The molecule has 0 radical (unpaired) electrons. The predicted octanol–water partition coefficient (Wildman–Crippen LogP) is 3.58. The molecule has 1 amide bonds. The molecule has 2 heterocycles. The maximum absolute atomic E-state index is 13.4. The molecule has 10 heteroatoms. The van der Waals surface area contributed by atoms with Crippen molar-refractivity contribution in [3.8, 4) is 11.3 Å². The molecule has 2 aromatic carbocycles. The van der Waals surface area contributed by atoms with Gasteiger partial charge in [0, 0.05) is 24.7 Å². The second kappa shape index (κ2) is 9.85. The smallest absolute Gasteiger partial charge is 0.365 e. The molecule has 35 heavy (non-hydrogen) atoms. The van der Waals surface area contributed by atoms with E-state index in [4.69, 9.17) is 5.73 Å². The molecule has 0 spiro atoms. The molecule has 0 aliphatic carbocycles. The lowest BCUT2D eigenvalue weighted by molar-refractivity contribution is -0.137. The Balaban J connectivity index is 1.73. The molecule has 0 saturated heterocycles. The second-order valence-electron chi connectivity index (χ2n) is 8.36. The number of rotatable bonds is 6. The fraction of sp³-hybridized carbons (Fsp3) is 0.240. The number of nitrogens with one attached hydrogen (secondary N) is 3. The normalized spacial score (nSPS) is 20.1. The second-order valence-corrected chi connectivity index (χ2v) is 8.36. The summed E-state index contributed by atoms with van der Waals surface area (Å²) >= 11 is 0. The number of alkyl halides is 3. The van der Waals surface area contributed by atoms with Crippen molar-refractivity contribution in [2.45, 2.75) is 32.0 Å². The van der Waals surface area contributed by atoms with Crippen LogP contribution >= 0.6 is 0 Å². The first kappa shape index (κ1) is 24.4. The highest BCUT2D eigenvalue weighted by Gasteiger charge is 2.32. The number of hydrogen-bond donors (Lipinski definition) is 4. The van der Waals surface area contributed by atoms with E-state index in [0.717, 1.165) is 17.7 Å². The van der Waals surface area contributed by atoms with Crippen molar-refractivity contribution in [2.75, 3.05) is 0 Å². The minimum absolute atomic E-state index is 0.160. The van der Waals surface area contributed by atoms with Crippen molar-refractivity contribution >= 4 is 12.1 Å². The third-order valence-corrected chi connectivity index (χ3v) is 5.83. The minimum Gasteiger partial charge on any atom is -0.365 e. The maximum atomic E-state index is 13.4. The van der Waals surface area contributed by atoms with E-state index >= 15 is 0 Å². The van der Waals surface area contributed by atoms with Crippen molar-refractivity contribution in [3.05, 3.63) is 93.3 Å². The average molecular weight is 483 g/mol. The standard InChI is InChI=1S/C25H24F3N5O2/c1-14-12-30-24(31-13-15-6-3-2-4-7-15)33-20(14)18-11-19(22(29)34)23(35)32-21(18)16-8-5-9-17(10-16)25(26,27)28/h2-12,14,20,24,31,33H,13H2,1H3,(H2,29,34)(H,32,35). The monoisotopic (exact) mass is 483 g/mol. The Morgan fingerprint density at radius 3 is 2.54 bits per heavy atom. The molecular formula is C25H24F3N5O2. The van der Waals surface area contributed by atoms with Gasteiger partial charge in [-0.15, -0.1) is 0 Å². The summed E-state index contributed by atoms with van der Waals surface area (Å²) in [4.78, 5) is 31.5. The summed E-state index contributed by atoms with van der Waals surface area (Å²) in [5.41, 5.74) is 5.30. The first-order valence-corrected chi connectivity index (χ1v) is 10.9. The van der Waals surface area contributed by atoms with Crippen LogP contribution in [0, 0.1) is 5.92 Å². The summed E-state index contributed by atoms with van der Waals surface area (Å²) in [5.74, 6) is -1.14. The van der Waals surface area contributed by atoms with Gasteiger partial charge in [0.2, 0.25) is 0 Å². The van der Waals surface area contributed by atoms with Gasteiger partial charge in [-0.25, -0.2) is 0 Å². The summed E-state index contributed by atoms with van der Waals surface area (Å²) in [6, 6.07) is 15.2. The number of aliphatic imine (C=N–C) groups is 1. The lowest BCUT2D eigenvalue weighted by atomic mass is 9.89. The van der Waals surface area contributed by atoms with Crippen molar-refractivity contribution < 1.29 is 18.0 Å². The number of amides is 1. The SMILES string of the molecule is CC1C=NC(NCc2ccccc2)NC1c1cc(C(N)=O)c(=O)[nH]c1-c1cccc(C(F)(F)F)c1. The third kappa shape index (κ3) is 5.50. The highest BCUT2D eigenvalue weighted by atomic mass is 19.4. The fourth-order valence-electron chi connectivity index (χ4n) is 4.03. The molecule has 1 aliphatic heterocycles. The van der Waals surface area contributed by atoms with E-state index in [1.807, 2.05) is 37.3 Å². The number of H-pyrrole nitrogens is 1. The number of carbonyl (C=O) groups is 1. The molecule has 0 fully saturated rings. The number of nitrogens with two attached hydrogens (primary N) is 1. The highest BCUT2D eigenvalue weighted by Crippen LogP contribution is 2.35. The van der Waals surface area contributed by atoms with Gasteiger partial charge in [-0.3, -0.25) is 25.2 Å². The van der Waals surface area contributed by atoms with Crippen LogP contribution in [0.15, 0.2) is 70.5 Å². The van der Waals surface area contributed by atoms with E-state index in [1.54, 1.807) is 6.21 Å². The van der Waals surface area contributed by atoms with Gasteiger partial charge in [-0.1, -0.05) is 49.4 Å².